The molecule has 1 saturated carbocycles. The van der Waals surface area contributed by atoms with Crippen molar-refractivity contribution < 1.29 is 9.18 Å². The summed E-state index contributed by atoms with van der Waals surface area (Å²) in [6, 6.07) is 6.77. The fourth-order valence-electron chi connectivity index (χ4n) is 2.22. The molecule has 1 amide bonds. The summed E-state index contributed by atoms with van der Waals surface area (Å²) in [5, 5.41) is 11.6. The number of anilines is 1. The number of nitrogens with one attached hydrogen (secondary N) is 1. The molecule has 0 atom stereocenters. The van der Waals surface area contributed by atoms with Crippen LogP contribution in [0.25, 0.3) is 0 Å². The summed E-state index contributed by atoms with van der Waals surface area (Å²) in [4.78, 5) is 14.3. The Morgan fingerprint density at radius 3 is 2.90 bits per heavy atom. The fraction of sp³-hybridized carbons (Fsp3) is 0.467. The van der Waals surface area contributed by atoms with Gasteiger partial charge in [-0.3, -0.25) is 4.79 Å². The van der Waals surface area contributed by atoms with Crippen molar-refractivity contribution in [3.63, 3.8) is 0 Å². The Kier molecular flexibility index (Phi) is 4.57. The lowest BCUT2D eigenvalue weighted by Crippen LogP contribution is -2.34. The topological polar surface area (TPSA) is 56.1 Å². The molecule has 0 bridgehead atoms. The van der Waals surface area contributed by atoms with Gasteiger partial charge >= 0.3 is 0 Å². The summed E-state index contributed by atoms with van der Waals surface area (Å²) in [5.74, 6) is -0.619. The molecular formula is C15H18FN3O. The third kappa shape index (κ3) is 3.08. The molecule has 0 aromatic heterocycles. The summed E-state index contributed by atoms with van der Waals surface area (Å²) in [6.45, 7) is 2.81. The van der Waals surface area contributed by atoms with Crippen LogP contribution in [0.15, 0.2) is 18.2 Å². The van der Waals surface area contributed by atoms with E-state index in [-0.39, 0.29) is 17.6 Å². The number of benzene rings is 1. The molecule has 0 heterocycles. The van der Waals surface area contributed by atoms with Crippen LogP contribution in [0.2, 0.25) is 0 Å². The van der Waals surface area contributed by atoms with Gasteiger partial charge in [0.1, 0.15) is 5.82 Å². The lowest BCUT2D eigenvalue weighted by molar-refractivity contribution is 0.0747. The van der Waals surface area contributed by atoms with E-state index in [0.29, 0.717) is 25.1 Å². The van der Waals surface area contributed by atoms with E-state index in [9.17, 15) is 9.18 Å². The summed E-state index contributed by atoms with van der Waals surface area (Å²) >= 11 is 0. The third-order valence-corrected chi connectivity index (χ3v) is 3.31. The largest absolute Gasteiger partial charge is 0.382 e. The zero-order chi connectivity index (χ0) is 14.5. The molecule has 4 nitrogen and oxygen atoms in total. The smallest absolute Gasteiger partial charge is 0.256 e. The number of carbonyl (C=O) groups excluding carboxylic acids is 1. The number of carbonyl (C=O) groups is 1. The van der Waals surface area contributed by atoms with E-state index < -0.39 is 5.82 Å². The van der Waals surface area contributed by atoms with Gasteiger partial charge in [0.15, 0.2) is 0 Å². The third-order valence-electron chi connectivity index (χ3n) is 3.31. The van der Waals surface area contributed by atoms with E-state index in [1.807, 2.05) is 6.92 Å². The predicted octanol–water partition coefficient (Wildman–Crippen LogP) is 2.78. The molecule has 1 aliphatic carbocycles. The minimum atomic E-state index is -0.422. The SMILES string of the molecule is CCNc1c(F)cccc1C(=O)N(CCC#N)C1CC1. The molecule has 106 valence electrons. The summed E-state index contributed by atoms with van der Waals surface area (Å²) in [7, 11) is 0. The van der Waals surface area contributed by atoms with Gasteiger partial charge in [0.2, 0.25) is 0 Å². The number of halogens is 1. The molecule has 1 aliphatic rings. The van der Waals surface area contributed by atoms with Crippen LogP contribution in [-0.4, -0.2) is 29.9 Å². The van der Waals surface area contributed by atoms with E-state index in [2.05, 4.69) is 11.4 Å². The molecule has 1 N–H and O–H groups in total. The molecule has 1 aromatic rings. The van der Waals surface area contributed by atoms with Crippen molar-refractivity contribution in [2.75, 3.05) is 18.4 Å². The van der Waals surface area contributed by atoms with Crippen LogP contribution in [-0.2, 0) is 0 Å². The highest BCUT2D eigenvalue weighted by molar-refractivity contribution is 6.00. The maximum absolute atomic E-state index is 13.8. The number of nitrogens with zero attached hydrogens (tertiary/aromatic N) is 2. The summed E-state index contributed by atoms with van der Waals surface area (Å²) in [6.07, 6.45) is 2.22. The fourth-order valence-corrected chi connectivity index (χ4v) is 2.22. The number of amides is 1. The number of rotatable bonds is 6. The van der Waals surface area contributed by atoms with E-state index in [0.717, 1.165) is 12.8 Å². The average Bonchev–Trinajstić information content (AvgIpc) is 3.26. The lowest BCUT2D eigenvalue weighted by atomic mass is 10.1. The van der Waals surface area contributed by atoms with Gasteiger partial charge in [0.25, 0.3) is 5.91 Å². The van der Waals surface area contributed by atoms with Crippen molar-refractivity contribution in [1.29, 1.82) is 5.26 Å². The average molecular weight is 275 g/mol. The van der Waals surface area contributed by atoms with Gasteiger partial charge in [-0.1, -0.05) is 6.07 Å². The molecule has 0 aliphatic heterocycles. The Balaban J connectivity index is 2.26. The standard InChI is InChI=1S/C15H18FN3O/c1-2-18-14-12(5-3-6-13(14)16)15(20)19(10-4-9-17)11-7-8-11/h3,5-6,11,18H,2,4,7-8,10H2,1H3. The van der Waals surface area contributed by atoms with Crippen LogP contribution in [0.3, 0.4) is 0 Å². The molecule has 0 spiro atoms. The second kappa shape index (κ2) is 6.38. The maximum Gasteiger partial charge on any atom is 0.256 e. The van der Waals surface area contributed by atoms with Gasteiger partial charge in [-0.15, -0.1) is 0 Å². The Morgan fingerprint density at radius 1 is 1.55 bits per heavy atom. The van der Waals surface area contributed by atoms with E-state index >= 15 is 0 Å². The highest BCUT2D eigenvalue weighted by atomic mass is 19.1. The van der Waals surface area contributed by atoms with Crippen molar-refractivity contribution in [2.45, 2.75) is 32.2 Å². The van der Waals surface area contributed by atoms with Gasteiger partial charge in [-0.2, -0.15) is 5.26 Å². The summed E-state index contributed by atoms with van der Waals surface area (Å²) < 4.78 is 13.8. The first kappa shape index (κ1) is 14.3. The van der Waals surface area contributed by atoms with Gasteiger partial charge in [0.05, 0.1) is 23.7 Å². The molecule has 20 heavy (non-hydrogen) atoms. The maximum atomic E-state index is 13.8. The lowest BCUT2D eigenvalue weighted by Gasteiger charge is -2.23. The van der Waals surface area contributed by atoms with Gasteiger partial charge in [-0.05, 0) is 31.9 Å². The first-order chi connectivity index (χ1) is 9.69. The van der Waals surface area contributed by atoms with Gasteiger partial charge in [-0.25, -0.2) is 4.39 Å². The normalized spacial score (nSPS) is 13.7. The Bertz CT molecular complexity index is 534. The van der Waals surface area contributed by atoms with Crippen molar-refractivity contribution in [1.82, 2.24) is 4.90 Å². The molecule has 1 aromatic carbocycles. The molecule has 0 saturated heterocycles. The highest BCUT2D eigenvalue weighted by Crippen LogP contribution is 2.30. The Labute approximate surface area is 118 Å². The van der Waals surface area contributed by atoms with Crippen molar-refractivity contribution in [2.24, 2.45) is 0 Å². The quantitative estimate of drug-likeness (QED) is 0.868. The zero-order valence-electron chi connectivity index (χ0n) is 11.5. The van der Waals surface area contributed by atoms with Crippen LogP contribution in [0.4, 0.5) is 10.1 Å². The van der Waals surface area contributed by atoms with Gasteiger partial charge in [0, 0.05) is 19.1 Å². The van der Waals surface area contributed by atoms with E-state index in [1.165, 1.54) is 6.07 Å². The molecule has 0 radical (unpaired) electrons. The minimum Gasteiger partial charge on any atom is -0.382 e. The van der Waals surface area contributed by atoms with Crippen LogP contribution in [0.1, 0.15) is 36.5 Å². The Hall–Kier alpha value is -2.09. The second-order valence-corrected chi connectivity index (χ2v) is 4.83. The first-order valence-electron chi connectivity index (χ1n) is 6.89. The number of hydrogen-bond acceptors (Lipinski definition) is 3. The minimum absolute atomic E-state index is 0.196. The predicted molar refractivity (Wildman–Crippen MR) is 74.9 cm³/mol. The van der Waals surface area contributed by atoms with Crippen molar-refractivity contribution in [3.05, 3.63) is 29.6 Å². The van der Waals surface area contributed by atoms with Gasteiger partial charge < -0.3 is 10.2 Å². The Morgan fingerprint density at radius 2 is 2.30 bits per heavy atom. The van der Waals surface area contributed by atoms with Crippen molar-refractivity contribution >= 4 is 11.6 Å². The van der Waals surface area contributed by atoms with Crippen LogP contribution in [0.5, 0.6) is 0 Å². The molecule has 5 heteroatoms. The molecule has 1 fully saturated rings. The molecule has 0 unspecified atom stereocenters. The number of nitriles is 1. The van der Waals surface area contributed by atoms with Crippen molar-refractivity contribution in [3.8, 4) is 6.07 Å². The second-order valence-electron chi connectivity index (χ2n) is 4.83. The summed E-state index contributed by atoms with van der Waals surface area (Å²) in [5.41, 5.74) is 0.597. The highest BCUT2D eigenvalue weighted by Gasteiger charge is 2.33. The monoisotopic (exact) mass is 275 g/mol. The van der Waals surface area contributed by atoms with E-state index in [4.69, 9.17) is 5.26 Å². The number of para-hydroxylation sites is 1. The van der Waals surface area contributed by atoms with Crippen LogP contribution < -0.4 is 5.32 Å². The first-order valence-corrected chi connectivity index (χ1v) is 6.89. The number of hydrogen-bond donors (Lipinski definition) is 1. The van der Waals surface area contributed by atoms with E-state index in [1.54, 1.807) is 17.0 Å². The zero-order valence-corrected chi connectivity index (χ0v) is 11.5. The van der Waals surface area contributed by atoms with Crippen LogP contribution >= 0.6 is 0 Å². The van der Waals surface area contributed by atoms with Crippen LogP contribution in [0, 0.1) is 17.1 Å². The molecular weight excluding hydrogens is 257 g/mol. The molecule has 2 rings (SSSR count).